The van der Waals surface area contributed by atoms with E-state index < -0.39 is 15.8 Å². The summed E-state index contributed by atoms with van der Waals surface area (Å²) in [5.74, 6) is 0.859. The van der Waals surface area contributed by atoms with Gasteiger partial charge in [-0.15, -0.1) is 0 Å². The summed E-state index contributed by atoms with van der Waals surface area (Å²) in [6, 6.07) is 64.7. The molecule has 4 heteroatoms. The van der Waals surface area contributed by atoms with Crippen LogP contribution in [0, 0.1) is 11.3 Å². The van der Waals surface area contributed by atoms with Gasteiger partial charge in [0.1, 0.15) is 0 Å². The number of halogens is 1. The Balaban J connectivity index is 0.000000150. The predicted molar refractivity (Wildman–Crippen MR) is 221 cm³/mol. The van der Waals surface area contributed by atoms with Crippen molar-refractivity contribution in [2.45, 2.75) is 40.0 Å². The van der Waals surface area contributed by atoms with E-state index in [0.717, 1.165) is 5.92 Å². The molecule has 0 radical (unpaired) electrons. The Morgan fingerprint density at radius 2 is 0.720 bits per heavy atom. The molecule has 1 atom stereocenters. The minimum atomic E-state index is -0.446. The molecule has 0 fully saturated rings. The number of hydrogen-bond acceptors (Lipinski definition) is 0. The molecule has 7 rings (SSSR count). The SMILES string of the molecule is CC(C)(C)C1CC=[C]([Pd][Cl])CC1.c1ccc(P(c2ccccc2)c2ccccc2)cc1.c1ccc(P(c2ccccc2)c2ccccc2)cc1. The Hall–Kier alpha value is -3.13. The van der Waals surface area contributed by atoms with Gasteiger partial charge in [-0.25, -0.2) is 0 Å². The van der Waals surface area contributed by atoms with Crippen LogP contribution in [-0.2, 0) is 17.0 Å². The molecule has 6 aromatic rings. The molecule has 1 aliphatic carbocycles. The molecule has 0 bridgehead atoms. The molecule has 0 N–H and O–H groups in total. The molecule has 0 amide bonds. The fourth-order valence-electron chi connectivity index (χ4n) is 5.98. The van der Waals surface area contributed by atoms with E-state index in [1.165, 1.54) is 55.1 Å². The molecule has 0 aliphatic heterocycles. The second kappa shape index (κ2) is 20.1. The zero-order chi connectivity index (χ0) is 35.0. The summed E-state index contributed by atoms with van der Waals surface area (Å²) in [6.07, 6.45) is 6.17. The maximum Gasteiger partial charge on any atom is -0.0134 e. The van der Waals surface area contributed by atoms with Gasteiger partial charge in [0.05, 0.1) is 0 Å². The Bertz CT molecular complexity index is 1520. The maximum atomic E-state index is 5.82. The summed E-state index contributed by atoms with van der Waals surface area (Å²) in [7, 11) is 4.93. The molecule has 0 spiro atoms. The molecule has 1 unspecified atom stereocenters. The number of benzene rings is 6. The van der Waals surface area contributed by atoms with Crippen LogP contribution in [0.3, 0.4) is 0 Å². The van der Waals surface area contributed by atoms with Gasteiger partial charge in [-0.05, 0) is 47.7 Å². The average molecular weight is 804 g/mol. The van der Waals surface area contributed by atoms with Crippen molar-refractivity contribution in [3.63, 3.8) is 0 Å². The van der Waals surface area contributed by atoms with Crippen LogP contribution in [0.2, 0.25) is 0 Å². The summed E-state index contributed by atoms with van der Waals surface area (Å²) in [6.45, 7) is 7.00. The smallest absolute Gasteiger partial charge is 0.0134 e. The summed E-state index contributed by atoms with van der Waals surface area (Å²) < 4.78 is 1.49. The van der Waals surface area contributed by atoms with Gasteiger partial charge in [-0.1, -0.05) is 182 Å². The van der Waals surface area contributed by atoms with Crippen LogP contribution in [0.15, 0.2) is 192 Å². The van der Waals surface area contributed by atoms with Crippen LogP contribution in [0.1, 0.15) is 40.0 Å². The fourth-order valence-corrected chi connectivity index (χ4v) is 11.9. The normalized spacial score (nSPS) is 14.2. The Morgan fingerprint density at radius 3 is 0.900 bits per heavy atom. The van der Waals surface area contributed by atoms with E-state index in [4.69, 9.17) is 9.53 Å². The van der Waals surface area contributed by atoms with Crippen molar-refractivity contribution in [1.82, 2.24) is 0 Å². The molecule has 258 valence electrons. The van der Waals surface area contributed by atoms with E-state index in [1.807, 2.05) is 0 Å². The molecule has 0 heterocycles. The number of allylic oxidation sites excluding steroid dienone is 2. The number of hydrogen-bond donors (Lipinski definition) is 0. The molecular formula is C46H47ClP2Pd. The second-order valence-corrected chi connectivity index (χ2v) is 19.6. The third-order valence-electron chi connectivity index (χ3n) is 8.72. The van der Waals surface area contributed by atoms with Crippen LogP contribution in [-0.4, -0.2) is 0 Å². The Kier molecular flexibility index (Phi) is 15.3. The van der Waals surface area contributed by atoms with Crippen LogP contribution in [0.4, 0.5) is 0 Å². The zero-order valence-corrected chi connectivity index (χ0v) is 33.3. The molecule has 1 aliphatic rings. The van der Waals surface area contributed by atoms with Gasteiger partial charge < -0.3 is 0 Å². The molecular weight excluding hydrogens is 756 g/mol. The summed E-state index contributed by atoms with van der Waals surface area (Å²) >= 11 is 0.338. The first-order chi connectivity index (χ1) is 24.4. The van der Waals surface area contributed by atoms with E-state index in [1.54, 1.807) is 0 Å². The first-order valence-electron chi connectivity index (χ1n) is 17.2. The van der Waals surface area contributed by atoms with Gasteiger partial charge >= 0.3 is 88.0 Å². The van der Waals surface area contributed by atoms with Gasteiger partial charge in [0.2, 0.25) is 0 Å². The standard InChI is InChI=1S/2C18H15P.C10H17.ClH.Pd/c2*1-4-10-16(11-5-1)19(17-12-6-2-7-13-17)18-14-8-3-9-15-18;1-10(2,3)9-7-5-4-6-8-9;;/h2*1-15H;5,9H,6-8H2,1-3H3;1H;/q;;;;+1/p-1. The Labute approximate surface area is 315 Å². The van der Waals surface area contributed by atoms with E-state index >= 15 is 0 Å². The Morgan fingerprint density at radius 1 is 0.460 bits per heavy atom. The van der Waals surface area contributed by atoms with Crippen molar-refractivity contribution in [2.24, 2.45) is 11.3 Å². The van der Waals surface area contributed by atoms with Crippen molar-refractivity contribution in [1.29, 1.82) is 0 Å². The molecule has 6 aromatic carbocycles. The molecule has 0 saturated carbocycles. The van der Waals surface area contributed by atoms with Crippen molar-refractivity contribution in [3.05, 3.63) is 192 Å². The maximum absolute atomic E-state index is 5.82. The predicted octanol–water partition coefficient (Wildman–Crippen LogP) is 10.8. The minimum absolute atomic E-state index is 0.338. The van der Waals surface area contributed by atoms with Crippen molar-refractivity contribution in [3.8, 4) is 0 Å². The van der Waals surface area contributed by atoms with E-state index in [0.29, 0.717) is 22.4 Å². The zero-order valence-electron chi connectivity index (χ0n) is 29.2. The van der Waals surface area contributed by atoms with Crippen LogP contribution in [0.25, 0.3) is 0 Å². The third-order valence-corrected chi connectivity index (χ3v) is 15.6. The van der Waals surface area contributed by atoms with Crippen molar-refractivity contribution < 1.29 is 17.0 Å². The fraction of sp³-hybridized carbons (Fsp3) is 0.174. The van der Waals surface area contributed by atoms with Gasteiger partial charge in [0.15, 0.2) is 0 Å². The van der Waals surface area contributed by atoms with E-state index in [2.05, 4.69) is 209 Å². The van der Waals surface area contributed by atoms with Crippen molar-refractivity contribution in [2.75, 3.05) is 0 Å². The van der Waals surface area contributed by atoms with Crippen molar-refractivity contribution >= 4 is 57.2 Å². The molecule has 0 aromatic heterocycles. The van der Waals surface area contributed by atoms with Gasteiger partial charge in [-0.2, -0.15) is 0 Å². The van der Waals surface area contributed by atoms with Crippen LogP contribution in [0.5, 0.6) is 0 Å². The average Bonchev–Trinajstić information content (AvgIpc) is 3.18. The quantitative estimate of drug-likeness (QED) is 0.111. The third kappa shape index (κ3) is 11.4. The molecule has 0 saturated heterocycles. The first-order valence-corrected chi connectivity index (χ1v) is 22.7. The topological polar surface area (TPSA) is 0 Å². The van der Waals surface area contributed by atoms with E-state index in [-0.39, 0.29) is 0 Å². The van der Waals surface area contributed by atoms with E-state index in [9.17, 15) is 0 Å². The largest absolute Gasteiger partial charge is 0.0622 e. The summed E-state index contributed by atoms with van der Waals surface area (Å²) in [5, 5.41) is 8.39. The monoisotopic (exact) mass is 802 g/mol. The van der Waals surface area contributed by atoms with Gasteiger partial charge in [0, 0.05) is 0 Å². The van der Waals surface area contributed by atoms with Gasteiger partial charge in [-0.3, -0.25) is 0 Å². The minimum Gasteiger partial charge on any atom is -0.0622 e. The van der Waals surface area contributed by atoms with Crippen LogP contribution < -0.4 is 31.8 Å². The van der Waals surface area contributed by atoms with Crippen LogP contribution >= 0.6 is 25.4 Å². The summed E-state index contributed by atoms with van der Waals surface area (Å²) in [5.41, 5.74) is 0.472. The number of rotatable bonds is 7. The first kappa shape index (κ1) is 38.1. The summed E-state index contributed by atoms with van der Waals surface area (Å²) in [4.78, 5) is 0. The molecule has 50 heavy (non-hydrogen) atoms. The van der Waals surface area contributed by atoms with Gasteiger partial charge in [0.25, 0.3) is 0 Å². The molecule has 0 nitrogen and oxygen atoms in total. The second-order valence-electron chi connectivity index (χ2n) is 13.2.